The molecule has 0 fully saturated rings. The lowest BCUT2D eigenvalue weighted by Crippen LogP contribution is -2.12. The quantitative estimate of drug-likeness (QED) is 0.0276. The fourth-order valence-corrected chi connectivity index (χ4v) is 13.4. The highest BCUT2D eigenvalue weighted by Gasteiger charge is 2.23. The van der Waals surface area contributed by atoms with Crippen LogP contribution >= 0.6 is 0 Å². The smallest absolute Gasteiger partial charge is 0.161 e. The number of rotatable bonds is 56. The normalized spacial score (nSPS) is 11.6. The van der Waals surface area contributed by atoms with Gasteiger partial charge in [0.2, 0.25) is 0 Å². The Labute approximate surface area is 605 Å². The van der Waals surface area contributed by atoms with Crippen molar-refractivity contribution >= 4 is 64.6 Å². The van der Waals surface area contributed by atoms with Crippen LogP contribution < -0.4 is 47.4 Å². The van der Waals surface area contributed by atoms with E-state index in [1.807, 2.05) is 24.3 Å². The number of fused-ring (bicyclic) bond motifs is 12. The summed E-state index contributed by atoms with van der Waals surface area (Å²) in [6, 6.07) is 24.5. The van der Waals surface area contributed by atoms with Crippen LogP contribution in [0, 0.1) is 0 Å². The second kappa shape index (κ2) is 45.1. The average Bonchev–Trinajstić information content (AvgIpc) is 0.735. The first kappa shape index (κ1) is 79.6. The maximum Gasteiger partial charge on any atom is 0.161 e. The SMILES string of the molecule is CCCCCCOc1cc2c3cc(O)c(OCCOCCOc4cc5c(cc4O)c4cc(OCCCCCC)c(OCCCCCC)cc4c4cc(OCCCCCC)c(OCCCCCC)cc54)cc3c3cc(OCCCCCC)c(OCCCCCC)cc3c2cc1OCCCCCC. The van der Waals surface area contributed by atoms with Gasteiger partial charge in [0.1, 0.15) is 13.2 Å². The molecule has 0 spiro atoms. The standard InChI is InChI=1S/C88H126O13/c1-9-17-25-33-41-92-81-57-69-65-53-77(89)79(55-67(65)71-59-83(94-43-35-27-19-11-3)87(98-47-39-31-23-15-7)63-75(71)73(69)61-85(81)96-45-37-29-21-13-5)100-51-49-91-50-52-101-80-56-68-66(54-78(80)90)70-58-82(93-42-34-26-18-10-2)86(97-46-38-30-22-14-6)62-74(70)76-64-88(99-48-40-32-24-16-8)84(60-72(68)76)95-44-36-28-20-12-4/h53-64,89-90H,9-52H2,1-8H3. The maximum absolute atomic E-state index is 12.0. The molecule has 8 aromatic carbocycles. The number of aromatic hydroxyl groups is 2. The predicted octanol–water partition coefficient (Wildman–Crippen LogP) is 25.2. The van der Waals surface area contributed by atoms with Crippen molar-refractivity contribution < 1.29 is 62.3 Å². The third-order valence-electron chi connectivity index (χ3n) is 19.3. The molecule has 101 heavy (non-hydrogen) atoms. The van der Waals surface area contributed by atoms with Gasteiger partial charge in [-0.15, -0.1) is 0 Å². The van der Waals surface area contributed by atoms with E-state index < -0.39 is 0 Å². The minimum atomic E-state index is 0.0147. The van der Waals surface area contributed by atoms with Gasteiger partial charge in [0.05, 0.1) is 66.1 Å². The molecule has 0 aliphatic heterocycles. The zero-order valence-corrected chi connectivity index (χ0v) is 63.4. The van der Waals surface area contributed by atoms with Gasteiger partial charge in [-0.3, -0.25) is 0 Å². The van der Waals surface area contributed by atoms with Crippen LogP contribution in [-0.2, 0) is 4.74 Å². The van der Waals surface area contributed by atoms with Crippen molar-refractivity contribution in [1.82, 2.24) is 0 Å². The van der Waals surface area contributed by atoms with Crippen LogP contribution in [0.1, 0.15) is 261 Å². The maximum atomic E-state index is 12.0. The van der Waals surface area contributed by atoms with Crippen LogP contribution in [0.2, 0.25) is 0 Å². The van der Waals surface area contributed by atoms with Gasteiger partial charge in [-0.2, -0.15) is 0 Å². The summed E-state index contributed by atoms with van der Waals surface area (Å²) >= 11 is 0. The molecule has 556 valence electrons. The average molecular weight is 1390 g/mol. The van der Waals surface area contributed by atoms with Gasteiger partial charge in [0.15, 0.2) is 69.0 Å². The number of unbranched alkanes of at least 4 members (excludes halogenated alkanes) is 24. The van der Waals surface area contributed by atoms with E-state index in [-0.39, 0.29) is 37.9 Å². The zero-order valence-electron chi connectivity index (χ0n) is 63.4. The Bertz CT molecular complexity index is 3490. The zero-order chi connectivity index (χ0) is 71.2. The first-order valence-corrected chi connectivity index (χ1v) is 40.0. The highest BCUT2D eigenvalue weighted by molar-refractivity contribution is 6.28. The van der Waals surface area contributed by atoms with Gasteiger partial charge < -0.3 is 62.3 Å². The van der Waals surface area contributed by atoms with E-state index in [1.165, 1.54) is 12.8 Å². The summed E-state index contributed by atoms with van der Waals surface area (Å²) in [5, 5.41) is 35.1. The summed E-state index contributed by atoms with van der Waals surface area (Å²) in [7, 11) is 0. The van der Waals surface area contributed by atoms with Crippen molar-refractivity contribution in [2.45, 2.75) is 261 Å². The second-order valence-electron chi connectivity index (χ2n) is 27.7. The van der Waals surface area contributed by atoms with Crippen LogP contribution in [0.3, 0.4) is 0 Å². The molecule has 13 heteroatoms. The summed E-state index contributed by atoms with van der Waals surface area (Å²) in [6.07, 6.45) is 34.9. The molecule has 0 aliphatic rings. The number of ether oxygens (including phenoxy) is 11. The van der Waals surface area contributed by atoms with Gasteiger partial charge in [-0.05, 0) is 189 Å². The molecule has 0 aromatic heterocycles. The molecule has 0 aliphatic carbocycles. The minimum Gasteiger partial charge on any atom is -0.504 e. The third kappa shape index (κ3) is 24.0. The van der Waals surface area contributed by atoms with Crippen molar-refractivity contribution in [3.05, 3.63) is 72.8 Å². The Morgan fingerprint density at radius 1 is 0.168 bits per heavy atom. The van der Waals surface area contributed by atoms with Crippen LogP contribution in [0.15, 0.2) is 72.8 Å². The minimum absolute atomic E-state index is 0.0147. The summed E-state index contributed by atoms with van der Waals surface area (Å²) < 4.78 is 72.3. The molecule has 8 rings (SSSR count). The van der Waals surface area contributed by atoms with Gasteiger partial charge in [-0.1, -0.05) is 209 Å². The van der Waals surface area contributed by atoms with E-state index in [1.54, 1.807) is 0 Å². The highest BCUT2D eigenvalue weighted by Crippen LogP contribution is 2.50. The second-order valence-corrected chi connectivity index (χ2v) is 27.7. The number of hydrogen-bond acceptors (Lipinski definition) is 13. The largest absolute Gasteiger partial charge is 0.504 e. The Hall–Kier alpha value is -7.12. The summed E-state index contributed by atoms with van der Waals surface area (Å²) in [4.78, 5) is 0. The van der Waals surface area contributed by atoms with E-state index in [0.717, 1.165) is 280 Å². The van der Waals surface area contributed by atoms with Gasteiger partial charge in [0, 0.05) is 0 Å². The molecule has 2 N–H and O–H groups in total. The molecule has 0 amide bonds. The molecule has 8 aromatic rings. The molecule has 0 unspecified atom stereocenters. The molecule has 0 saturated carbocycles. The highest BCUT2D eigenvalue weighted by atomic mass is 16.6. The Morgan fingerprint density at radius 2 is 0.317 bits per heavy atom. The fourth-order valence-electron chi connectivity index (χ4n) is 13.4. The van der Waals surface area contributed by atoms with Crippen LogP contribution in [0.5, 0.6) is 69.0 Å². The topological polar surface area (TPSA) is 142 Å². The van der Waals surface area contributed by atoms with E-state index in [9.17, 15) is 10.2 Å². The van der Waals surface area contributed by atoms with Crippen molar-refractivity contribution in [2.24, 2.45) is 0 Å². The van der Waals surface area contributed by atoms with Crippen molar-refractivity contribution in [1.29, 1.82) is 0 Å². The molecule has 13 nitrogen and oxygen atoms in total. The Kier molecular flexibility index (Phi) is 35.5. The summed E-state index contributed by atoms with van der Waals surface area (Å²) in [5.41, 5.74) is 0. The fraction of sp³-hybridized carbons (Fsp3) is 0.591. The first-order valence-electron chi connectivity index (χ1n) is 40.0. The molecule has 0 bridgehead atoms. The lowest BCUT2D eigenvalue weighted by molar-refractivity contribution is 0.0752. The summed E-state index contributed by atoms with van der Waals surface area (Å²) in [5.74, 6) is 6.39. The molecular formula is C88H126O13. The van der Waals surface area contributed by atoms with Gasteiger partial charge >= 0.3 is 0 Å². The van der Waals surface area contributed by atoms with E-state index in [4.69, 9.17) is 52.1 Å². The van der Waals surface area contributed by atoms with Crippen LogP contribution in [-0.4, -0.2) is 89.5 Å². The molecular weight excluding hydrogens is 1260 g/mol. The summed E-state index contributed by atoms with van der Waals surface area (Å²) in [6.45, 7) is 23.2. The van der Waals surface area contributed by atoms with E-state index >= 15 is 0 Å². The third-order valence-corrected chi connectivity index (χ3v) is 19.3. The van der Waals surface area contributed by atoms with E-state index in [0.29, 0.717) is 87.4 Å². The monoisotopic (exact) mass is 1390 g/mol. The lowest BCUT2D eigenvalue weighted by atomic mass is 9.93. The van der Waals surface area contributed by atoms with E-state index in [2.05, 4.69) is 104 Å². The van der Waals surface area contributed by atoms with Gasteiger partial charge in [0.25, 0.3) is 0 Å². The number of phenolic OH excluding ortho intramolecular Hbond substituents is 2. The van der Waals surface area contributed by atoms with Crippen LogP contribution in [0.4, 0.5) is 0 Å². The number of phenols is 2. The van der Waals surface area contributed by atoms with Crippen molar-refractivity contribution in [3.63, 3.8) is 0 Å². The Balaban J connectivity index is 1.09. The van der Waals surface area contributed by atoms with Crippen molar-refractivity contribution in [3.8, 4) is 69.0 Å². The molecule has 0 heterocycles. The van der Waals surface area contributed by atoms with Crippen molar-refractivity contribution in [2.75, 3.05) is 79.3 Å². The number of benzene rings is 8. The van der Waals surface area contributed by atoms with Crippen LogP contribution in [0.25, 0.3) is 64.6 Å². The molecule has 0 atom stereocenters. The predicted molar refractivity (Wildman–Crippen MR) is 420 cm³/mol. The van der Waals surface area contributed by atoms with Gasteiger partial charge in [-0.25, -0.2) is 0 Å². The Morgan fingerprint density at radius 3 is 0.485 bits per heavy atom. The molecule has 0 saturated heterocycles. The first-order chi connectivity index (χ1) is 49.7. The molecule has 0 radical (unpaired) electrons. The lowest BCUT2D eigenvalue weighted by Gasteiger charge is -2.20. The number of hydrogen-bond donors (Lipinski definition) is 2.